The smallest absolute Gasteiger partial charge is 0.276 e. The molecule has 2 heterocycles. The highest BCUT2D eigenvalue weighted by atomic mass is 32.1. The van der Waals surface area contributed by atoms with Gasteiger partial charge < -0.3 is 5.32 Å². The zero-order chi connectivity index (χ0) is 14.8. The molecule has 0 aliphatic heterocycles. The quantitative estimate of drug-likeness (QED) is 0.767. The van der Waals surface area contributed by atoms with E-state index in [0.29, 0.717) is 5.69 Å². The van der Waals surface area contributed by atoms with E-state index in [-0.39, 0.29) is 5.91 Å². The largest absolute Gasteiger partial charge is 0.320 e. The lowest BCUT2D eigenvalue weighted by Crippen LogP contribution is -2.13. The van der Waals surface area contributed by atoms with Crippen LogP contribution in [0.15, 0.2) is 41.8 Å². The van der Waals surface area contributed by atoms with Gasteiger partial charge in [-0.3, -0.25) is 9.89 Å². The first-order valence-electron chi connectivity index (χ1n) is 6.61. The Kier molecular flexibility index (Phi) is 3.58. The number of nitrogens with zero attached hydrogens (tertiary/aromatic N) is 1. The van der Waals surface area contributed by atoms with Crippen LogP contribution in [0.4, 0.5) is 5.69 Å². The number of carbonyl (C=O) groups excluding carboxylic acids is 1. The molecule has 2 N–H and O–H groups in total. The Balaban J connectivity index is 1.81. The second-order valence-electron chi connectivity index (χ2n) is 4.92. The van der Waals surface area contributed by atoms with Gasteiger partial charge in [0.1, 0.15) is 0 Å². The van der Waals surface area contributed by atoms with Crippen molar-refractivity contribution in [3.05, 3.63) is 58.6 Å². The molecule has 1 aromatic carbocycles. The molecule has 4 nitrogen and oxygen atoms in total. The third kappa shape index (κ3) is 2.87. The van der Waals surface area contributed by atoms with Crippen molar-refractivity contribution in [1.82, 2.24) is 10.2 Å². The molecule has 0 aliphatic rings. The number of aromatic amines is 1. The monoisotopic (exact) mass is 297 g/mol. The molecule has 0 fully saturated rings. The topological polar surface area (TPSA) is 57.8 Å². The Morgan fingerprint density at radius 2 is 2.10 bits per heavy atom. The lowest BCUT2D eigenvalue weighted by Gasteiger charge is -2.07. The van der Waals surface area contributed by atoms with Gasteiger partial charge in [0.2, 0.25) is 0 Å². The summed E-state index contributed by atoms with van der Waals surface area (Å²) >= 11 is 1.61. The van der Waals surface area contributed by atoms with Gasteiger partial charge in [-0.1, -0.05) is 18.2 Å². The predicted molar refractivity (Wildman–Crippen MR) is 85.8 cm³/mol. The van der Waals surface area contributed by atoms with Gasteiger partial charge in [0.05, 0.1) is 10.6 Å². The molecule has 0 bridgehead atoms. The van der Waals surface area contributed by atoms with Gasteiger partial charge in [0, 0.05) is 5.69 Å². The van der Waals surface area contributed by atoms with Crippen molar-refractivity contribution in [2.45, 2.75) is 13.8 Å². The number of carbonyl (C=O) groups is 1. The summed E-state index contributed by atoms with van der Waals surface area (Å²) in [5, 5.41) is 11.9. The summed E-state index contributed by atoms with van der Waals surface area (Å²) in [6.07, 6.45) is 0. The van der Waals surface area contributed by atoms with Crippen molar-refractivity contribution in [1.29, 1.82) is 0 Å². The maximum atomic E-state index is 12.3. The number of hydrogen-bond acceptors (Lipinski definition) is 3. The van der Waals surface area contributed by atoms with E-state index in [4.69, 9.17) is 0 Å². The number of benzene rings is 1. The molecule has 2 aromatic heterocycles. The zero-order valence-electron chi connectivity index (χ0n) is 11.8. The third-order valence-corrected chi connectivity index (χ3v) is 4.14. The molecule has 0 aliphatic carbocycles. The van der Waals surface area contributed by atoms with E-state index >= 15 is 0 Å². The molecule has 0 atom stereocenters. The number of thiophene rings is 1. The molecule has 0 saturated carbocycles. The summed E-state index contributed by atoms with van der Waals surface area (Å²) in [6, 6.07) is 11.7. The first-order chi connectivity index (χ1) is 10.1. The van der Waals surface area contributed by atoms with E-state index in [9.17, 15) is 4.79 Å². The van der Waals surface area contributed by atoms with E-state index in [0.717, 1.165) is 27.4 Å². The fourth-order valence-corrected chi connectivity index (χ4v) is 2.75. The summed E-state index contributed by atoms with van der Waals surface area (Å²) in [5.41, 5.74) is 4.20. The number of rotatable bonds is 3. The molecule has 0 saturated heterocycles. The average Bonchev–Trinajstić information content (AvgIpc) is 3.12. The lowest BCUT2D eigenvalue weighted by molar-refractivity contribution is 0.102. The number of amides is 1. The SMILES string of the molecule is Cc1ccc(C)c(NC(=O)c2cc(-c3cccs3)[nH]n2)c1. The Morgan fingerprint density at radius 1 is 1.24 bits per heavy atom. The van der Waals surface area contributed by atoms with Gasteiger partial charge in [-0.15, -0.1) is 11.3 Å². The Labute approximate surface area is 126 Å². The summed E-state index contributed by atoms with van der Waals surface area (Å²) in [7, 11) is 0. The molecule has 3 aromatic rings. The molecule has 0 spiro atoms. The van der Waals surface area contributed by atoms with Crippen LogP contribution in [0.5, 0.6) is 0 Å². The zero-order valence-corrected chi connectivity index (χ0v) is 12.6. The molecule has 21 heavy (non-hydrogen) atoms. The number of H-pyrrole nitrogens is 1. The van der Waals surface area contributed by atoms with Crippen molar-refractivity contribution in [2.24, 2.45) is 0 Å². The van der Waals surface area contributed by atoms with Crippen molar-refractivity contribution in [2.75, 3.05) is 5.32 Å². The van der Waals surface area contributed by atoms with Crippen molar-refractivity contribution >= 4 is 22.9 Å². The number of aromatic nitrogens is 2. The minimum atomic E-state index is -0.206. The highest BCUT2D eigenvalue weighted by molar-refractivity contribution is 7.13. The van der Waals surface area contributed by atoms with Crippen molar-refractivity contribution < 1.29 is 4.79 Å². The molecule has 0 radical (unpaired) electrons. The van der Waals surface area contributed by atoms with Crippen molar-refractivity contribution in [3.8, 4) is 10.6 Å². The van der Waals surface area contributed by atoms with Crippen molar-refractivity contribution in [3.63, 3.8) is 0 Å². The maximum Gasteiger partial charge on any atom is 0.276 e. The van der Waals surface area contributed by atoms with Gasteiger partial charge in [0.25, 0.3) is 5.91 Å². The molecule has 5 heteroatoms. The highest BCUT2D eigenvalue weighted by Gasteiger charge is 2.13. The lowest BCUT2D eigenvalue weighted by atomic mass is 10.1. The van der Waals surface area contributed by atoms with Gasteiger partial charge in [-0.2, -0.15) is 5.10 Å². The predicted octanol–water partition coefficient (Wildman–Crippen LogP) is 4.01. The van der Waals surface area contributed by atoms with E-state index < -0.39 is 0 Å². The molecule has 0 unspecified atom stereocenters. The first kappa shape index (κ1) is 13.6. The second-order valence-corrected chi connectivity index (χ2v) is 5.86. The van der Waals surface area contributed by atoms with Crippen LogP contribution in [0.25, 0.3) is 10.6 Å². The summed E-state index contributed by atoms with van der Waals surface area (Å²) in [4.78, 5) is 13.3. The Bertz CT molecular complexity index is 775. The van der Waals surface area contributed by atoms with Crippen LogP contribution >= 0.6 is 11.3 Å². The maximum absolute atomic E-state index is 12.3. The van der Waals surface area contributed by atoms with E-state index in [1.807, 2.05) is 49.6 Å². The summed E-state index contributed by atoms with van der Waals surface area (Å²) in [6.45, 7) is 3.97. The number of aryl methyl sites for hydroxylation is 2. The fourth-order valence-electron chi connectivity index (χ4n) is 2.05. The van der Waals surface area contributed by atoms with E-state index in [1.165, 1.54) is 0 Å². The second kappa shape index (κ2) is 5.54. The summed E-state index contributed by atoms with van der Waals surface area (Å²) < 4.78 is 0. The molecule has 106 valence electrons. The Morgan fingerprint density at radius 3 is 2.86 bits per heavy atom. The number of nitrogens with one attached hydrogen (secondary N) is 2. The standard InChI is InChI=1S/C16H15N3OS/c1-10-5-6-11(2)12(8-10)17-16(20)14-9-13(18-19-14)15-4-3-7-21-15/h3-9H,1-2H3,(H,17,20)(H,18,19). The normalized spacial score (nSPS) is 10.6. The first-order valence-corrected chi connectivity index (χ1v) is 7.49. The third-order valence-electron chi connectivity index (χ3n) is 3.24. The van der Waals surface area contributed by atoms with Crippen LogP contribution in [0, 0.1) is 13.8 Å². The van der Waals surface area contributed by atoms with Gasteiger partial charge in [-0.25, -0.2) is 0 Å². The minimum absolute atomic E-state index is 0.206. The van der Waals surface area contributed by atoms with Crippen LogP contribution in [0.1, 0.15) is 21.6 Å². The van der Waals surface area contributed by atoms with Gasteiger partial charge in [0.15, 0.2) is 5.69 Å². The molecule has 1 amide bonds. The van der Waals surface area contributed by atoms with Crippen LogP contribution in [0.3, 0.4) is 0 Å². The number of anilines is 1. The highest BCUT2D eigenvalue weighted by Crippen LogP contribution is 2.23. The van der Waals surface area contributed by atoms with Gasteiger partial charge in [-0.05, 0) is 48.6 Å². The van der Waals surface area contributed by atoms with Crippen LogP contribution in [0.2, 0.25) is 0 Å². The van der Waals surface area contributed by atoms with Crippen LogP contribution < -0.4 is 5.32 Å². The number of hydrogen-bond donors (Lipinski definition) is 2. The Hall–Kier alpha value is -2.40. The molecular weight excluding hydrogens is 282 g/mol. The molecule has 3 rings (SSSR count). The van der Waals surface area contributed by atoms with E-state index in [1.54, 1.807) is 17.4 Å². The minimum Gasteiger partial charge on any atom is -0.320 e. The van der Waals surface area contributed by atoms with Crippen LogP contribution in [-0.2, 0) is 0 Å². The fraction of sp³-hybridized carbons (Fsp3) is 0.125. The van der Waals surface area contributed by atoms with E-state index in [2.05, 4.69) is 15.5 Å². The molecular formula is C16H15N3OS. The summed E-state index contributed by atoms with van der Waals surface area (Å²) in [5.74, 6) is -0.206. The average molecular weight is 297 g/mol. The van der Waals surface area contributed by atoms with Gasteiger partial charge >= 0.3 is 0 Å². The van der Waals surface area contributed by atoms with Crippen LogP contribution in [-0.4, -0.2) is 16.1 Å².